The normalized spacial score (nSPS) is 12.8. The van der Waals surface area contributed by atoms with Gasteiger partial charge in [-0.15, -0.1) is 6.58 Å². The van der Waals surface area contributed by atoms with E-state index < -0.39 is 18.2 Å². The van der Waals surface area contributed by atoms with Gasteiger partial charge in [0.1, 0.15) is 12.4 Å². The number of esters is 1. The first-order chi connectivity index (χ1) is 11.8. The van der Waals surface area contributed by atoms with Gasteiger partial charge in [-0.1, -0.05) is 17.7 Å². The standard InChI is InChI=1S/C18H24ClNO5/c1-5-11-23-14(3)18(22)25-13(2)17(21)20(4)10-12-24-16-8-6-15(19)7-9-16/h5-9,13-14H,1,10-12H2,2-4H3. The Morgan fingerprint density at radius 2 is 1.88 bits per heavy atom. The predicted molar refractivity (Wildman–Crippen MR) is 95.7 cm³/mol. The lowest BCUT2D eigenvalue weighted by Crippen LogP contribution is -2.41. The second-order valence-corrected chi connectivity index (χ2v) is 5.84. The molecule has 0 N–H and O–H groups in total. The fraction of sp³-hybridized carbons (Fsp3) is 0.444. The summed E-state index contributed by atoms with van der Waals surface area (Å²) in [5.74, 6) is -0.240. The van der Waals surface area contributed by atoms with Crippen LogP contribution in [0.5, 0.6) is 5.75 Å². The molecular weight excluding hydrogens is 346 g/mol. The Bertz CT molecular complexity index is 575. The molecule has 0 aliphatic carbocycles. The molecule has 1 aromatic rings. The minimum atomic E-state index is -0.900. The molecule has 6 nitrogen and oxygen atoms in total. The molecule has 0 spiro atoms. The monoisotopic (exact) mass is 369 g/mol. The summed E-state index contributed by atoms with van der Waals surface area (Å²) in [5, 5.41) is 0.626. The van der Waals surface area contributed by atoms with E-state index in [1.54, 1.807) is 38.2 Å². The number of nitrogens with zero attached hydrogens (tertiary/aromatic N) is 1. The Morgan fingerprint density at radius 1 is 1.24 bits per heavy atom. The van der Waals surface area contributed by atoms with Gasteiger partial charge in [0.2, 0.25) is 0 Å². The van der Waals surface area contributed by atoms with Crippen molar-refractivity contribution in [3.63, 3.8) is 0 Å². The van der Waals surface area contributed by atoms with E-state index in [2.05, 4.69) is 6.58 Å². The molecule has 0 aliphatic heterocycles. The van der Waals surface area contributed by atoms with E-state index in [-0.39, 0.29) is 12.5 Å². The van der Waals surface area contributed by atoms with Gasteiger partial charge in [-0.3, -0.25) is 4.79 Å². The average molecular weight is 370 g/mol. The first-order valence-electron chi connectivity index (χ1n) is 7.91. The van der Waals surface area contributed by atoms with E-state index in [4.69, 9.17) is 25.8 Å². The van der Waals surface area contributed by atoms with Crippen molar-refractivity contribution in [1.29, 1.82) is 0 Å². The molecule has 2 atom stereocenters. The molecule has 0 aliphatic rings. The van der Waals surface area contributed by atoms with E-state index in [0.29, 0.717) is 23.9 Å². The summed E-state index contributed by atoms with van der Waals surface area (Å²) >= 11 is 5.80. The molecule has 1 amide bonds. The van der Waals surface area contributed by atoms with Gasteiger partial charge in [0, 0.05) is 12.1 Å². The topological polar surface area (TPSA) is 65.1 Å². The van der Waals surface area contributed by atoms with Gasteiger partial charge in [0.25, 0.3) is 5.91 Å². The summed E-state index contributed by atoms with van der Waals surface area (Å²) in [7, 11) is 1.62. The molecule has 0 aromatic heterocycles. The Labute approximate surface area is 153 Å². The number of rotatable bonds is 10. The van der Waals surface area contributed by atoms with Gasteiger partial charge >= 0.3 is 5.97 Å². The van der Waals surface area contributed by atoms with Crippen molar-refractivity contribution in [2.75, 3.05) is 26.8 Å². The van der Waals surface area contributed by atoms with Crippen LogP contribution in [0.25, 0.3) is 0 Å². The lowest BCUT2D eigenvalue weighted by molar-refractivity contribution is -0.167. The maximum Gasteiger partial charge on any atom is 0.335 e. The molecule has 0 bridgehead atoms. The third-order valence-corrected chi connectivity index (χ3v) is 3.57. The van der Waals surface area contributed by atoms with E-state index in [0.717, 1.165) is 0 Å². The third kappa shape index (κ3) is 7.58. The minimum absolute atomic E-state index is 0.237. The lowest BCUT2D eigenvalue weighted by Gasteiger charge is -2.22. The molecule has 0 saturated heterocycles. The minimum Gasteiger partial charge on any atom is -0.492 e. The maximum absolute atomic E-state index is 12.2. The number of halogens is 1. The number of carbonyl (C=O) groups excluding carboxylic acids is 2. The van der Waals surface area contributed by atoms with E-state index in [1.165, 1.54) is 17.9 Å². The highest BCUT2D eigenvalue weighted by Crippen LogP contribution is 2.15. The highest BCUT2D eigenvalue weighted by Gasteiger charge is 2.24. The number of amides is 1. The van der Waals surface area contributed by atoms with Crippen LogP contribution >= 0.6 is 11.6 Å². The molecule has 1 rings (SSSR count). The van der Waals surface area contributed by atoms with Gasteiger partial charge in [-0.25, -0.2) is 4.79 Å². The molecule has 0 heterocycles. The first kappa shape index (κ1) is 21.0. The van der Waals surface area contributed by atoms with E-state index in [1.807, 2.05) is 0 Å². The van der Waals surface area contributed by atoms with Crippen LogP contribution in [0.1, 0.15) is 13.8 Å². The molecule has 138 valence electrons. The van der Waals surface area contributed by atoms with Gasteiger partial charge in [-0.2, -0.15) is 0 Å². The largest absolute Gasteiger partial charge is 0.492 e. The fourth-order valence-electron chi connectivity index (χ4n) is 1.85. The summed E-state index contributed by atoms with van der Waals surface area (Å²) in [4.78, 5) is 25.5. The Balaban J connectivity index is 2.37. The van der Waals surface area contributed by atoms with Crippen LogP contribution in [0.4, 0.5) is 0 Å². The van der Waals surface area contributed by atoms with Gasteiger partial charge in [0.05, 0.1) is 13.2 Å². The van der Waals surface area contributed by atoms with Crippen molar-refractivity contribution in [2.24, 2.45) is 0 Å². The Hall–Kier alpha value is -2.05. The molecular formula is C18H24ClNO5. The summed E-state index contributed by atoms with van der Waals surface area (Å²) in [6, 6.07) is 6.95. The van der Waals surface area contributed by atoms with Crippen LogP contribution in [-0.2, 0) is 19.1 Å². The first-order valence-corrected chi connectivity index (χ1v) is 8.29. The number of likely N-dealkylation sites (N-methyl/N-ethyl adjacent to an activating group) is 1. The summed E-state index contributed by atoms with van der Waals surface area (Å²) in [6.45, 7) is 7.49. The van der Waals surface area contributed by atoms with Crippen molar-refractivity contribution in [2.45, 2.75) is 26.1 Å². The fourth-order valence-corrected chi connectivity index (χ4v) is 1.98. The van der Waals surface area contributed by atoms with Crippen molar-refractivity contribution < 1.29 is 23.8 Å². The number of hydrogen-bond acceptors (Lipinski definition) is 5. The Morgan fingerprint density at radius 3 is 2.48 bits per heavy atom. The molecule has 2 unspecified atom stereocenters. The smallest absolute Gasteiger partial charge is 0.335 e. The lowest BCUT2D eigenvalue weighted by atomic mass is 10.3. The highest BCUT2D eigenvalue weighted by molar-refractivity contribution is 6.30. The Kier molecular flexibility index (Phi) is 9.02. The zero-order valence-electron chi connectivity index (χ0n) is 14.7. The number of benzene rings is 1. The summed E-state index contributed by atoms with van der Waals surface area (Å²) in [5.41, 5.74) is 0. The number of ether oxygens (including phenoxy) is 3. The SMILES string of the molecule is C=CCOC(C)C(=O)OC(C)C(=O)N(C)CCOc1ccc(Cl)cc1. The highest BCUT2D eigenvalue weighted by atomic mass is 35.5. The average Bonchev–Trinajstić information content (AvgIpc) is 2.60. The van der Waals surface area contributed by atoms with Crippen LogP contribution in [0.2, 0.25) is 5.02 Å². The van der Waals surface area contributed by atoms with Crippen molar-refractivity contribution in [1.82, 2.24) is 4.90 Å². The van der Waals surface area contributed by atoms with Crippen molar-refractivity contribution >= 4 is 23.5 Å². The van der Waals surface area contributed by atoms with Gasteiger partial charge in [0.15, 0.2) is 12.2 Å². The molecule has 0 fully saturated rings. The zero-order valence-corrected chi connectivity index (χ0v) is 15.5. The molecule has 0 radical (unpaired) electrons. The van der Waals surface area contributed by atoms with Crippen LogP contribution in [0, 0.1) is 0 Å². The van der Waals surface area contributed by atoms with Crippen LogP contribution in [0.3, 0.4) is 0 Å². The number of carbonyl (C=O) groups is 2. The molecule has 1 aromatic carbocycles. The maximum atomic E-state index is 12.2. The second kappa shape index (κ2) is 10.7. The summed E-state index contributed by atoms with van der Waals surface area (Å²) < 4.78 is 15.8. The van der Waals surface area contributed by atoms with Crippen molar-refractivity contribution in [3.8, 4) is 5.75 Å². The van der Waals surface area contributed by atoms with Crippen LogP contribution < -0.4 is 4.74 Å². The van der Waals surface area contributed by atoms with Gasteiger partial charge in [-0.05, 0) is 38.1 Å². The van der Waals surface area contributed by atoms with Gasteiger partial charge < -0.3 is 19.1 Å². The van der Waals surface area contributed by atoms with Crippen LogP contribution in [-0.4, -0.2) is 55.8 Å². The third-order valence-electron chi connectivity index (χ3n) is 3.32. The van der Waals surface area contributed by atoms with Crippen molar-refractivity contribution in [3.05, 3.63) is 41.9 Å². The second-order valence-electron chi connectivity index (χ2n) is 5.41. The summed E-state index contributed by atoms with van der Waals surface area (Å²) in [6.07, 6.45) is -0.123. The molecule has 25 heavy (non-hydrogen) atoms. The molecule has 7 heteroatoms. The van der Waals surface area contributed by atoms with Crippen LogP contribution in [0.15, 0.2) is 36.9 Å². The zero-order chi connectivity index (χ0) is 18.8. The quantitative estimate of drug-likeness (QED) is 0.468. The van der Waals surface area contributed by atoms with E-state index >= 15 is 0 Å². The predicted octanol–water partition coefficient (Wildman–Crippen LogP) is 2.70. The molecule has 0 saturated carbocycles. The number of hydrogen-bond donors (Lipinski definition) is 0. The van der Waals surface area contributed by atoms with E-state index in [9.17, 15) is 9.59 Å².